The molecule has 4 nitrogen and oxygen atoms in total. The van der Waals surface area contributed by atoms with Crippen molar-refractivity contribution >= 4 is 20.1 Å². The van der Waals surface area contributed by atoms with Gasteiger partial charge in [-0.2, -0.15) is 0 Å². The first-order valence-corrected chi connectivity index (χ1v) is 10.8. The fourth-order valence-electron chi connectivity index (χ4n) is 2.02. The van der Waals surface area contributed by atoms with Gasteiger partial charge in [-0.05, 0) is 23.7 Å². The van der Waals surface area contributed by atoms with Gasteiger partial charge in [-0.25, -0.2) is 4.79 Å². The number of ketones is 1. The number of methoxy groups -OCH3 is 1. The number of ether oxygens (including phenoxy) is 1. The average molecular weight is 337 g/mol. The van der Waals surface area contributed by atoms with Gasteiger partial charge in [0.1, 0.15) is 0 Å². The number of hydrogen-bond acceptors (Lipinski definition) is 4. The van der Waals surface area contributed by atoms with E-state index in [2.05, 4.69) is 38.6 Å². The molecule has 0 aliphatic heterocycles. The lowest BCUT2D eigenvalue weighted by Crippen LogP contribution is -2.44. The number of Topliss-reactive ketones (excluding diaryl/α,β-unsaturated/α-hetero) is 1. The van der Waals surface area contributed by atoms with Crippen LogP contribution in [0.2, 0.25) is 18.1 Å². The SMILES string of the molecule is COC(=O)C(=O)[C@@H](C)[C@H](O[Si](C)(C)C(C)(C)C)c1ccccc1. The number of rotatable bonds is 6. The standard InChI is InChI=1S/C18H28O4Si/c1-13(15(19)17(20)21-5)16(14-11-9-8-10-12-14)22-23(6,7)18(2,3)4/h8-13,16H,1-7H3/t13-,16+/m1/s1. The van der Waals surface area contributed by atoms with Crippen molar-refractivity contribution in [2.75, 3.05) is 7.11 Å². The normalized spacial score (nSPS) is 14.9. The second-order valence-corrected chi connectivity index (χ2v) is 12.1. The maximum atomic E-state index is 12.3. The van der Waals surface area contributed by atoms with Gasteiger partial charge in [-0.3, -0.25) is 4.79 Å². The number of hydrogen-bond donors (Lipinski definition) is 0. The van der Waals surface area contributed by atoms with Crippen LogP contribution < -0.4 is 0 Å². The Morgan fingerprint density at radius 1 is 1.09 bits per heavy atom. The zero-order chi connectivity index (χ0) is 17.8. The third kappa shape index (κ3) is 4.75. The molecule has 0 aromatic heterocycles. The van der Waals surface area contributed by atoms with Crippen LogP contribution in [0.25, 0.3) is 0 Å². The fourth-order valence-corrected chi connectivity index (χ4v) is 3.35. The van der Waals surface area contributed by atoms with E-state index in [1.165, 1.54) is 7.11 Å². The molecule has 0 saturated heterocycles. The first kappa shape index (κ1) is 19.6. The second kappa shape index (κ2) is 7.40. The lowest BCUT2D eigenvalue weighted by Gasteiger charge is -2.40. The Labute approximate surface area is 140 Å². The highest BCUT2D eigenvalue weighted by molar-refractivity contribution is 6.74. The Morgan fingerprint density at radius 2 is 1.61 bits per heavy atom. The van der Waals surface area contributed by atoms with E-state index in [1.54, 1.807) is 6.92 Å². The molecule has 0 saturated carbocycles. The van der Waals surface area contributed by atoms with Crippen LogP contribution in [-0.2, 0) is 18.8 Å². The molecule has 23 heavy (non-hydrogen) atoms. The molecule has 2 atom stereocenters. The van der Waals surface area contributed by atoms with Gasteiger partial charge in [0.05, 0.1) is 19.1 Å². The van der Waals surface area contributed by atoms with Gasteiger partial charge in [-0.15, -0.1) is 0 Å². The highest BCUT2D eigenvalue weighted by atomic mass is 28.4. The summed E-state index contributed by atoms with van der Waals surface area (Å²) in [6.07, 6.45) is -0.455. The van der Waals surface area contributed by atoms with Crippen LogP contribution in [-0.4, -0.2) is 27.2 Å². The van der Waals surface area contributed by atoms with Gasteiger partial charge in [-0.1, -0.05) is 58.0 Å². The smallest absolute Gasteiger partial charge is 0.374 e. The largest absolute Gasteiger partial charge is 0.463 e. The van der Waals surface area contributed by atoms with Crippen LogP contribution in [0, 0.1) is 5.92 Å². The summed E-state index contributed by atoms with van der Waals surface area (Å²) in [6, 6.07) is 9.59. The molecule has 0 aliphatic rings. The van der Waals surface area contributed by atoms with E-state index in [0.717, 1.165) is 5.56 Å². The van der Waals surface area contributed by atoms with Crippen molar-refractivity contribution in [1.29, 1.82) is 0 Å². The molecule has 0 aliphatic carbocycles. The molecule has 5 heteroatoms. The van der Waals surface area contributed by atoms with Gasteiger partial charge in [0, 0.05) is 0 Å². The summed E-state index contributed by atoms with van der Waals surface area (Å²) in [5, 5.41) is 0.00800. The lowest BCUT2D eigenvalue weighted by atomic mass is 9.94. The third-order valence-electron chi connectivity index (χ3n) is 4.61. The molecule has 0 N–H and O–H groups in total. The van der Waals surface area contributed by atoms with E-state index in [0.29, 0.717) is 0 Å². The zero-order valence-corrected chi connectivity index (χ0v) is 16.2. The molecule has 1 rings (SSSR count). The van der Waals surface area contributed by atoms with Gasteiger partial charge in [0.25, 0.3) is 0 Å². The molecule has 1 aromatic rings. The van der Waals surface area contributed by atoms with Crippen LogP contribution in [0.1, 0.15) is 39.4 Å². The Bertz CT molecular complexity index is 546. The minimum Gasteiger partial charge on any atom is -0.463 e. The highest BCUT2D eigenvalue weighted by Gasteiger charge is 2.42. The molecule has 0 unspecified atom stereocenters. The molecule has 0 fully saturated rings. The summed E-state index contributed by atoms with van der Waals surface area (Å²) in [5.74, 6) is -1.98. The van der Waals surface area contributed by atoms with E-state index >= 15 is 0 Å². The van der Waals surface area contributed by atoms with Crippen molar-refractivity contribution in [2.45, 2.75) is 51.9 Å². The van der Waals surface area contributed by atoms with Crippen LogP contribution >= 0.6 is 0 Å². The van der Waals surface area contributed by atoms with Crippen molar-refractivity contribution in [2.24, 2.45) is 5.92 Å². The van der Waals surface area contributed by atoms with Gasteiger partial charge in [0.2, 0.25) is 5.78 Å². The summed E-state index contributed by atoms with van der Waals surface area (Å²) in [7, 11) is -0.887. The van der Waals surface area contributed by atoms with Crippen molar-refractivity contribution in [3.8, 4) is 0 Å². The number of carbonyl (C=O) groups is 2. The van der Waals surface area contributed by atoms with Crippen LogP contribution in [0.15, 0.2) is 30.3 Å². The molecule has 0 amide bonds. The molecule has 0 heterocycles. The molecule has 128 valence electrons. The second-order valence-electron chi connectivity index (χ2n) is 7.35. The quantitative estimate of drug-likeness (QED) is 0.445. The monoisotopic (exact) mass is 336 g/mol. The summed E-state index contributed by atoms with van der Waals surface area (Å²) in [5.41, 5.74) is 0.905. The van der Waals surface area contributed by atoms with E-state index in [1.807, 2.05) is 30.3 Å². The molecule has 1 aromatic carbocycles. The first-order chi connectivity index (χ1) is 10.5. The van der Waals surface area contributed by atoms with Crippen molar-refractivity contribution in [3.05, 3.63) is 35.9 Å². The molecule has 0 bridgehead atoms. The van der Waals surface area contributed by atoms with Crippen LogP contribution in [0.5, 0.6) is 0 Å². The van der Waals surface area contributed by atoms with Gasteiger partial charge < -0.3 is 9.16 Å². The van der Waals surface area contributed by atoms with Crippen molar-refractivity contribution in [3.63, 3.8) is 0 Å². The van der Waals surface area contributed by atoms with Gasteiger partial charge in [0.15, 0.2) is 8.32 Å². The number of carbonyl (C=O) groups excluding carboxylic acids is 2. The summed E-state index contributed by atoms with van der Waals surface area (Å²) >= 11 is 0. The summed E-state index contributed by atoms with van der Waals surface area (Å²) in [4.78, 5) is 23.9. The molecular weight excluding hydrogens is 308 g/mol. The first-order valence-electron chi connectivity index (χ1n) is 7.86. The van der Waals surface area contributed by atoms with Crippen molar-refractivity contribution in [1.82, 2.24) is 0 Å². The molecule has 0 spiro atoms. The lowest BCUT2D eigenvalue weighted by molar-refractivity contribution is -0.154. The summed E-state index contributed by atoms with van der Waals surface area (Å²) < 4.78 is 11.1. The minimum absolute atomic E-state index is 0.00800. The Balaban J connectivity index is 3.19. The Kier molecular flexibility index (Phi) is 6.30. The van der Waals surface area contributed by atoms with E-state index in [9.17, 15) is 9.59 Å². The maximum Gasteiger partial charge on any atom is 0.374 e. The topological polar surface area (TPSA) is 52.6 Å². The number of esters is 1. The van der Waals surface area contributed by atoms with Crippen LogP contribution in [0.4, 0.5) is 0 Å². The van der Waals surface area contributed by atoms with Gasteiger partial charge >= 0.3 is 5.97 Å². The van der Waals surface area contributed by atoms with E-state index < -0.39 is 32.1 Å². The van der Waals surface area contributed by atoms with E-state index in [4.69, 9.17) is 4.43 Å². The van der Waals surface area contributed by atoms with Crippen LogP contribution in [0.3, 0.4) is 0 Å². The minimum atomic E-state index is -2.11. The highest BCUT2D eigenvalue weighted by Crippen LogP contribution is 2.41. The Hall–Kier alpha value is -1.46. The maximum absolute atomic E-state index is 12.3. The predicted octanol–water partition coefficient (Wildman–Crippen LogP) is 4.13. The predicted molar refractivity (Wildman–Crippen MR) is 93.7 cm³/mol. The number of benzene rings is 1. The fraction of sp³-hybridized carbons (Fsp3) is 0.556. The molecule has 0 radical (unpaired) electrons. The van der Waals surface area contributed by atoms with Crippen molar-refractivity contribution < 1.29 is 18.8 Å². The third-order valence-corrected chi connectivity index (χ3v) is 9.07. The molecular formula is C18H28O4Si. The van der Waals surface area contributed by atoms with E-state index in [-0.39, 0.29) is 5.04 Å². The average Bonchev–Trinajstić information content (AvgIpc) is 2.50. The Morgan fingerprint density at radius 3 is 2.04 bits per heavy atom. The summed E-state index contributed by atoms with van der Waals surface area (Å²) in [6.45, 7) is 12.4. The zero-order valence-electron chi connectivity index (χ0n) is 15.2.